The number of benzene rings is 2. The first-order valence-electron chi connectivity index (χ1n) is 15.9. The van der Waals surface area contributed by atoms with Gasteiger partial charge in [0.15, 0.2) is 0 Å². The van der Waals surface area contributed by atoms with Crippen molar-refractivity contribution in [1.82, 2.24) is 20.4 Å². The molecule has 2 aliphatic heterocycles. The molecule has 5 rings (SSSR count). The third-order valence-electron chi connectivity index (χ3n) is 9.00. The van der Waals surface area contributed by atoms with Gasteiger partial charge in [0.05, 0.1) is 16.1 Å². The highest BCUT2D eigenvalue weighted by molar-refractivity contribution is 6.42. The summed E-state index contributed by atoms with van der Waals surface area (Å²) < 4.78 is 0. The van der Waals surface area contributed by atoms with Crippen LogP contribution in [0.5, 0.6) is 0 Å². The van der Waals surface area contributed by atoms with E-state index in [2.05, 4.69) is 62.9 Å². The van der Waals surface area contributed by atoms with Crippen LogP contribution < -0.4 is 10.6 Å². The van der Waals surface area contributed by atoms with Crippen LogP contribution in [0.4, 0.5) is 0 Å². The molecule has 43 heavy (non-hydrogen) atoms. The molecule has 0 spiro atoms. The number of hydrogen-bond acceptors (Lipinski definition) is 4. The Balaban J connectivity index is 1.29. The Morgan fingerprint density at radius 2 is 1.84 bits per heavy atom. The summed E-state index contributed by atoms with van der Waals surface area (Å²) >= 11 is 12.2. The quantitative estimate of drug-likeness (QED) is 0.296. The minimum atomic E-state index is -0.282. The maximum absolute atomic E-state index is 14.2. The second-order valence-electron chi connectivity index (χ2n) is 12.0. The van der Waals surface area contributed by atoms with E-state index in [0.29, 0.717) is 35.2 Å². The number of carbonyl (C=O) groups excluding carboxylic acids is 2. The van der Waals surface area contributed by atoms with E-state index in [1.54, 1.807) is 18.2 Å². The fraction of sp³-hybridized carbons (Fsp3) is 0.486. The van der Waals surface area contributed by atoms with Crippen LogP contribution in [0.25, 0.3) is 0 Å². The number of rotatable bonds is 11. The van der Waals surface area contributed by atoms with E-state index < -0.39 is 0 Å². The van der Waals surface area contributed by atoms with Crippen molar-refractivity contribution in [1.29, 1.82) is 0 Å². The van der Waals surface area contributed by atoms with Crippen LogP contribution in [-0.4, -0.2) is 73.0 Å². The SMILES string of the molecule is O=C(NC[C@@H]1CCN(CC(C2=CC=CCC2)c2ccccc2)C(=O)[C@H](CCCN2CCCCC2)N1)c1ccc(Cl)c(Cl)c1. The van der Waals surface area contributed by atoms with Crippen LogP contribution >= 0.6 is 23.2 Å². The maximum atomic E-state index is 14.2. The molecule has 2 N–H and O–H groups in total. The first-order chi connectivity index (χ1) is 21.0. The highest BCUT2D eigenvalue weighted by Gasteiger charge is 2.33. The number of allylic oxidation sites excluding steroid dienone is 3. The lowest BCUT2D eigenvalue weighted by molar-refractivity contribution is -0.133. The predicted molar refractivity (Wildman–Crippen MR) is 176 cm³/mol. The number of likely N-dealkylation sites (tertiary alicyclic amines) is 1. The van der Waals surface area contributed by atoms with Gasteiger partial charge in [-0.25, -0.2) is 0 Å². The lowest BCUT2D eigenvalue weighted by Gasteiger charge is -2.31. The van der Waals surface area contributed by atoms with E-state index in [1.807, 2.05) is 6.07 Å². The third-order valence-corrected chi connectivity index (χ3v) is 9.74. The fourth-order valence-corrected chi connectivity index (χ4v) is 6.84. The van der Waals surface area contributed by atoms with E-state index in [0.717, 1.165) is 51.7 Å². The molecule has 8 heteroatoms. The van der Waals surface area contributed by atoms with Gasteiger partial charge >= 0.3 is 0 Å². The molecule has 0 radical (unpaired) electrons. The second kappa shape index (κ2) is 15.9. The lowest BCUT2D eigenvalue weighted by atomic mass is 9.85. The predicted octanol–water partition coefficient (Wildman–Crippen LogP) is 6.61. The Morgan fingerprint density at radius 3 is 2.58 bits per heavy atom. The van der Waals surface area contributed by atoms with Crippen molar-refractivity contribution >= 4 is 35.0 Å². The van der Waals surface area contributed by atoms with Gasteiger partial charge in [0, 0.05) is 37.2 Å². The number of nitrogens with one attached hydrogen (secondary N) is 2. The number of piperidine rings is 1. The molecule has 2 fully saturated rings. The molecule has 2 saturated heterocycles. The molecule has 0 bridgehead atoms. The van der Waals surface area contributed by atoms with Gasteiger partial charge < -0.3 is 20.4 Å². The van der Waals surface area contributed by atoms with Gasteiger partial charge in [-0.1, -0.05) is 83.8 Å². The van der Waals surface area contributed by atoms with E-state index >= 15 is 0 Å². The number of nitrogens with zero attached hydrogens (tertiary/aromatic N) is 2. The van der Waals surface area contributed by atoms with E-state index in [-0.39, 0.29) is 29.8 Å². The van der Waals surface area contributed by atoms with Crippen LogP contribution in [-0.2, 0) is 4.79 Å². The largest absolute Gasteiger partial charge is 0.350 e. The summed E-state index contributed by atoms with van der Waals surface area (Å²) in [5.41, 5.74) is 3.10. The molecule has 0 aromatic heterocycles. The van der Waals surface area contributed by atoms with Crippen molar-refractivity contribution in [3.8, 4) is 0 Å². The number of carbonyl (C=O) groups is 2. The van der Waals surface area contributed by atoms with Gasteiger partial charge in [-0.15, -0.1) is 0 Å². The van der Waals surface area contributed by atoms with Gasteiger partial charge in [-0.05, 0) is 88.3 Å². The summed E-state index contributed by atoms with van der Waals surface area (Å²) in [5, 5.41) is 7.49. The van der Waals surface area contributed by atoms with Crippen molar-refractivity contribution in [3.05, 3.63) is 93.5 Å². The average molecular weight is 624 g/mol. The highest BCUT2D eigenvalue weighted by atomic mass is 35.5. The van der Waals surface area contributed by atoms with Crippen molar-refractivity contribution in [2.45, 2.75) is 69.4 Å². The molecular formula is C35H44Cl2N4O2. The second-order valence-corrected chi connectivity index (χ2v) is 12.9. The van der Waals surface area contributed by atoms with Crippen LogP contribution in [0, 0.1) is 0 Å². The molecule has 2 heterocycles. The third kappa shape index (κ3) is 8.95. The highest BCUT2D eigenvalue weighted by Crippen LogP contribution is 2.31. The van der Waals surface area contributed by atoms with E-state index in [1.165, 1.54) is 30.4 Å². The minimum absolute atomic E-state index is 0.0207. The minimum Gasteiger partial charge on any atom is -0.350 e. The summed E-state index contributed by atoms with van der Waals surface area (Å²) in [6.07, 6.45) is 15.0. The van der Waals surface area contributed by atoms with Crippen LogP contribution in [0.1, 0.15) is 73.2 Å². The zero-order valence-electron chi connectivity index (χ0n) is 24.9. The Bertz CT molecular complexity index is 1290. The topological polar surface area (TPSA) is 64.7 Å². The Morgan fingerprint density at radius 1 is 1.02 bits per heavy atom. The molecule has 230 valence electrons. The van der Waals surface area contributed by atoms with Crippen LogP contribution in [0.3, 0.4) is 0 Å². The van der Waals surface area contributed by atoms with E-state index in [4.69, 9.17) is 23.2 Å². The smallest absolute Gasteiger partial charge is 0.251 e. The monoisotopic (exact) mass is 622 g/mol. The molecular weight excluding hydrogens is 579 g/mol. The first-order valence-corrected chi connectivity index (χ1v) is 16.6. The standard InChI is InChI=1S/C35H44Cl2N4O2/c36-31-17-16-28(23-32(31)37)34(42)38-24-29-18-22-41(35(43)33(39-29)15-10-21-40-19-8-3-9-20-40)25-30(26-11-4-1-5-12-26)27-13-6-2-7-14-27/h1-2,4-6,11-13,16-17,23,29-30,33,39H,3,7-10,14-15,18-22,24-25H2,(H,38,42)/t29-,30?,33-/m0/s1. The normalized spacial score (nSPS) is 22.1. The first kappa shape index (κ1) is 31.8. The lowest BCUT2D eigenvalue weighted by Crippen LogP contribution is -2.49. The molecule has 2 aromatic rings. The van der Waals surface area contributed by atoms with Gasteiger partial charge in [0.1, 0.15) is 0 Å². The van der Waals surface area contributed by atoms with Crippen molar-refractivity contribution in [3.63, 3.8) is 0 Å². The Kier molecular flexibility index (Phi) is 11.7. The number of hydrogen-bond donors (Lipinski definition) is 2. The summed E-state index contributed by atoms with van der Waals surface area (Å²) in [6, 6.07) is 15.2. The van der Waals surface area contributed by atoms with Gasteiger partial charge in [-0.2, -0.15) is 0 Å². The Hall–Kier alpha value is -2.64. The molecule has 3 aliphatic rings. The molecule has 2 amide bonds. The maximum Gasteiger partial charge on any atom is 0.251 e. The fourth-order valence-electron chi connectivity index (χ4n) is 6.54. The van der Waals surface area contributed by atoms with Crippen molar-refractivity contribution in [2.75, 3.05) is 39.3 Å². The molecule has 2 aromatic carbocycles. The van der Waals surface area contributed by atoms with Crippen molar-refractivity contribution in [2.24, 2.45) is 0 Å². The molecule has 1 aliphatic carbocycles. The number of amides is 2. The molecule has 1 unspecified atom stereocenters. The van der Waals surface area contributed by atoms with E-state index in [9.17, 15) is 9.59 Å². The van der Waals surface area contributed by atoms with Crippen LogP contribution in [0.2, 0.25) is 10.0 Å². The summed E-state index contributed by atoms with van der Waals surface area (Å²) in [6.45, 7) is 5.08. The molecule has 3 atom stereocenters. The van der Waals surface area contributed by atoms with Gasteiger partial charge in [0.2, 0.25) is 5.91 Å². The number of halogens is 2. The summed E-state index contributed by atoms with van der Waals surface area (Å²) in [5.74, 6) is 0.135. The van der Waals surface area contributed by atoms with Crippen LogP contribution in [0.15, 0.2) is 72.3 Å². The zero-order valence-corrected chi connectivity index (χ0v) is 26.5. The van der Waals surface area contributed by atoms with Gasteiger partial charge in [-0.3, -0.25) is 9.59 Å². The summed E-state index contributed by atoms with van der Waals surface area (Å²) in [4.78, 5) is 31.7. The average Bonchev–Trinajstić information content (AvgIpc) is 3.19. The zero-order chi connectivity index (χ0) is 30.0. The van der Waals surface area contributed by atoms with Crippen molar-refractivity contribution < 1.29 is 9.59 Å². The Labute approximate surface area is 266 Å². The molecule has 0 saturated carbocycles. The summed E-state index contributed by atoms with van der Waals surface area (Å²) in [7, 11) is 0. The van der Waals surface area contributed by atoms with Gasteiger partial charge in [0.25, 0.3) is 5.91 Å². The molecule has 6 nitrogen and oxygen atoms in total.